The maximum atomic E-state index is 11.9. The third-order valence-electron chi connectivity index (χ3n) is 4.40. The van der Waals surface area contributed by atoms with Crippen LogP contribution >= 0.6 is 11.3 Å². The highest BCUT2D eigenvalue weighted by Crippen LogP contribution is 2.29. The van der Waals surface area contributed by atoms with Crippen molar-refractivity contribution >= 4 is 44.2 Å². The molecule has 2 aromatic carbocycles. The van der Waals surface area contributed by atoms with Crippen molar-refractivity contribution in [1.29, 1.82) is 0 Å². The Kier molecular flexibility index (Phi) is 5.05. The molecule has 4 rings (SSSR count). The molecule has 1 N–H and O–H groups in total. The Labute approximate surface area is 171 Å². The second kappa shape index (κ2) is 7.81. The van der Waals surface area contributed by atoms with E-state index in [4.69, 9.17) is 9.47 Å². The van der Waals surface area contributed by atoms with Gasteiger partial charge in [0.1, 0.15) is 5.75 Å². The fourth-order valence-corrected chi connectivity index (χ4v) is 4.03. The number of esters is 1. The predicted octanol–water partition coefficient (Wildman–Crippen LogP) is 4.98. The van der Waals surface area contributed by atoms with Gasteiger partial charge < -0.3 is 14.8 Å². The number of aromatic nitrogens is 2. The molecular weight excluding hydrogens is 386 g/mol. The van der Waals surface area contributed by atoms with Crippen LogP contribution in [0.25, 0.3) is 21.3 Å². The number of hydrogen-bond acceptors (Lipinski definition) is 6. The van der Waals surface area contributed by atoms with Gasteiger partial charge in [-0.25, -0.2) is 9.78 Å². The van der Waals surface area contributed by atoms with E-state index < -0.39 is 5.97 Å². The maximum Gasteiger partial charge on any atom is 0.339 e. The molecule has 2 heterocycles. The number of nitrogens with one attached hydrogen (secondary N) is 1. The monoisotopic (exact) mass is 405 g/mol. The number of benzene rings is 2. The molecule has 0 aliphatic rings. The summed E-state index contributed by atoms with van der Waals surface area (Å²) < 4.78 is 13.3. The van der Waals surface area contributed by atoms with Gasteiger partial charge in [-0.2, -0.15) is 0 Å². The minimum atomic E-state index is -0.400. The molecule has 7 heteroatoms. The van der Waals surface area contributed by atoms with Crippen LogP contribution in [-0.4, -0.2) is 29.6 Å². The number of allylic oxidation sites excluding steroid dienone is 1. The number of rotatable bonds is 6. The molecule has 0 bridgehead atoms. The standard InChI is InChI=1S/C22H19N3O3S/c1-14(23-18-7-5-4-6-17(18)21(26)28-3)8-9-15-13-25-19-11-10-16(27-2)12-20(19)29-22(25)24-15/h4-13,23H,1H2,2-3H3/b9-8+. The highest BCUT2D eigenvalue weighted by molar-refractivity contribution is 7.23. The molecule has 0 fully saturated rings. The summed E-state index contributed by atoms with van der Waals surface area (Å²) in [6.07, 6.45) is 5.68. The van der Waals surface area contributed by atoms with Crippen LogP contribution in [0.1, 0.15) is 16.1 Å². The second-order valence-corrected chi connectivity index (χ2v) is 7.28. The van der Waals surface area contributed by atoms with Gasteiger partial charge in [0.15, 0.2) is 4.96 Å². The topological polar surface area (TPSA) is 64.9 Å². The summed E-state index contributed by atoms with van der Waals surface area (Å²) in [5, 5.41) is 3.14. The zero-order chi connectivity index (χ0) is 20.4. The van der Waals surface area contributed by atoms with Gasteiger partial charge >= 0.3 is 5.97 Å². The molecule has 0 atom stereocenters. The number of carbonyl (C=O) groups is 1. The summed E-state index contributed by atoms with van der Waals surface area (Å²) in [5.41, 5.74) is 3.63. The van der Waals surface area contributed by atoms with E-state index in [1.165, 1.54) is 7.11 Å². The predicted molar refractivity (Wildman–Crippen MR) is 117 cm³/mol. The van der Waals surface area contributed by atoms with E-state index in [-0.39, 0.29) is 0 Å². The van der Waals surface area contributed by atoms with Crippen molar-refractivity contribution in [2.45, 2.75) is 0 Å². The third kappa shape index (κ3) is 3.72. The van der Waals surface area contributed by atoms with Crippen molar-refractivity contribution in [1.82, 2.24) is 9.38 Å². The summed E-state index contributed by atoms with van der Waals surface area (Å²) in [4.78, 5) is 17.4. The average molecular weight is 405 g/mol. The Morgan fingerprint density at radius 2 is 2.07 bits per heavy atom. The molecule has 146 valence electrons. The first-order chi connectivity index (χ1) is 14.1. The van der Waals surface area contributed by atoms with Crippen molar-refractivity contribution in [2.24, 2.45) is 0 Å². The number of ether oxygens (including phenoxy) is 2. The lowest BCUT2D eigenvalue weighted by molar-refractivity contribution is 0.0602. The molecule has 0 saturated heterocycles. The molecule has 0 amide bonds. The SMILES string of the molecule is C=C(/C=C/c1cn2c(n1)sc1cc(OC)ccc12)Nc1ccccc1C(=O)OC. The number of imidazole rings is 1. The van der Waals surface area contributed by atoms with E-state index in [1.54, 1.807) is 36.6 Å². The second-order valence-electron chi connectivity index (χ2n) is 6.27. The normalized spacial score (nSPS) is 11.2. The molecule has 29 heavy (non-hydrogen) atoms. The van der Waals surface area contributed by atoms with Crippen LogP contribution in [0.4, 0.5) is 5.69 Å². The fraction of sp³-hybridized carbons (Fsp3) is 0.0909. The highest BCUT2D eigenvalue weighted by atomic mass is 32.1. The van der Waals surface area contributed by atoms with Gasteiger partial charge in [-0.05, 0) is 42.5 Å². The van der Waals surface area contributed by atoms with Crippen LogP contribution in [0.5, 0.6) is 5.75 Å². The Hall–Kier alpha value is -3.58. The first-order valence-corrected chi connectivity index (χ1v) is 9.67. The summed E-state index contributed by atoms with van der Waals surface area (Å²) in [5.74, 6) is 0.430. The Balaban J connectivity index is 1.54. The van der Waals surface area contributed by atoms with Gasteiger partial charge in [0.05, 0.1) is 41.4 Å². The molecule has 0 aliphatic carbocycles. The van der Waals surface area contributed by atoms with Gasteiger partial charge in [-0.15, -0.1) is 0 Å². The molecule has 4 aromatic rings. The van der Waals surface area contributed by atoms with E-state index >= 15 is 0 Å². The smallest absolute Gasteiger partial charge is 0.339 e. The lowest BCUT2D eigenvalue weighted by Gasteiger charge is -2.10. The fourth-order valence-electron chi connectivity index (χ4n) is 2.99. The van der Waals surface area contributed by atoms with E-state index in [9.17, 15) is 4.79 Å². The minimum Gasteiger partial charge on any atom is -0.497 e. The molecule has 0 radical (unpaired) electrons. The molecular formula is C22H19N3O3S. The number of anilines is 1. The molecule has 0 spiro atoms. The van der Waals surface area contributed by atoms with Crippen molar-refractivity contribution in [2.75, 3.05) is 19.5 Å². The van der Waals surface area contributed by atoms with Crippen molar-refractivity contribution in [3.05, 3.63) is 78.3 Å². The zero-order valence-corrected chi connectivity index (χ0v) is 16.8. The zero-order valence-electron chi connectivity index (χ0n) is 16.0. The van der Waals surface area contributed by atoms with Crippen molar-refractivity contribution in [3.63, 3.8) is 0 Å². The molecule has 6 nitrogen and oxygen atoms in total. The first kappa shape index (κ1) is 18.8. The van der Waals surface area contributed by atoms with Gasteiger partial charge in [0.25, 0.3) is 0 Å². The van der Waals surface area contributed by atoms with Crippen LogP contribution in [0.15, 0.2) is 67.0 Å². The van der Waals surface area contributed by atoms with Gasteiger partial charge in [-0.1, -0.05) is 30.0 Å². The number of carbonyl (C=O) groups excluding carboxylic acids is 1. The van der Waals surface area contributed by atoms with Crippen LogP contribution in [-0.2, 0) is 4.74 Å². The summed E-state index contributed by atoms with van der Waals surface area (Å²) >= 11 is 1.61. The van der Waals surface area contributed by atoms with Gasteiger partial charge in [-0.3, -0.25) is 4.40 Å². The van der Waals surface area contributed by atoms with Crippen molar-refractivity contribution in [3.8, 4) is 5.75 Å². The number of fused-ring (bicyclic) bond motifs is 3. The van der Waals surface area contributed by atoms with Crippen LogP contribution < -0.4 is 10.1 Å². The number of para-hydroxylation sites is 1. The number of nitrogens with zero attached hydrogens (tertiary/aromatic N) is 2. The van der Waals surface area contributed by atoms with Crippen molar-refractivity contribution < 1.29 is 14.3 Å². The number of thiazole rings is 1. The number of hydrogen-bond donors (Lipinski definition) is 1. The van der Waals surface area contributed by atoms with Crippen LogP contribution in [0, 0.1) is 0 Å². The number of methoxy groups -OCH3 is 2. The lowest BCUT2D eigenvalue weighted by atomic mass is 10.1. The molecule has 0 unspecified atom stereocenters. The largest absolute Gasteiger partial charge is 0.497 e. The Bertz CT molecular complexity index is 1250. The van der Waals surface area contributed by atoms with E-state index in [1.807, 2.05) is 42.6 Å². The van der Waals surface area contributed by atoms with Gasteiger partial charge in [0.2, 0.25) is 0 Å². The Morgan fingerprint density at radius 1 is 1.24 bits per heavy atom. The third-order valence-corrected chi connectivity index (χ3v) is 5.42. The summed E-state index contributed by atoms with van der Waals surface area (Å²) in [7, 11) is 3.02. The van der Waals surface area contributed by atoms with Gasteiger partial charge in [0, 0.05) is 11.9 Å². The lowest BCUT2D eigenvalue weighted by Crippen LogP contribution is -2.06. The average Bonchev–Trinajstić information content (AvgIpc) is 3.28. The summed E-state index contributed by atoms with van der Waals surface area (Å²) in [6, 6.07) is 13.1. The maximum absolute atomic E-state index is 11.9. The van der Waals surface area contributed by atoms with E-state index in [0.717, 1.165) is 26.6 Å². The molecule has 0 saturated carbocycles. The minimum absolute atomic E-state index is 0.400. The van der Waals surface area contributed by atoms with E-state index in [0.29, 0.717) is 16.9 Å². The summed E-state index contributed by atoms with van der Waals surface area (Å²) in [6.45, 7) is 4.01. The quantitative estimate of drug-likeness (QED) is 0.362. The highest BCUT2D eigenvalue weighted by Gasteiger charge is 2.11. The molecule has 2 aromatic heterocycles. The molecule has 0 aliphatic heterocycles. The first-order valence-electron chi connectivity index (χ1n) is 8.86. The van der Waals surface area contributed by atoms with Crippen LogP contribution in [0.3, 0.4) is 0 Å². The van der Waals surface area contributed by atoms with E-state index in [2.05, 4.69) is 21.3 Å². The van der Waals surface area contributed by atoms with Crippen LogP contribution in [0.2, 0.25) is 0 Å². The Morgan fingerprint density at radius 3 is 2.86 bits per heavy atom.